The zero-order valence-corrected chi connectivity index (χ0v) is 14.3. The van der Waals surface area contributed by atoms with Gasteiger partial charge in [0.15, 0.2) is 0 Å². The Balaban J connectivity index is 2.87. The summed E-state index contributed by atoms with van der Waals surface area (Å²) in [4.78, 5) is 0. The predicted molar refractivity (Wildman–Crippen MR) is 87.8 cm³/mol. The minimum Gasteiger partial charge on any atom is -0.277 e. The lowest BCUT2D eigenvalue weighted by molar-refractivity contribution is 1.08. The van der Waals surface area contributed by atoms with E-state index in [-0.39, 0.29) is 0 Å². The van der Waals surface area contributed by atoms with Gasteiger partial charge in [-0.05, 0) is 51.2 Å². The van der Waals surface area contributed by atoms with E-state index in [4.69, 9.17) is 9.26 Å². The molecule has 1 aromatic rings. The van der Waals surface area contributed by atoms with Crippen LogP contribution in [-0.4, -0.2) is 33.3 Å². The topological polar surface area (TPSA) is 24.7 Å². The fourth-order valence-corrected chi connectivity index (χ4v) is 7.74. The number of hydrogen-bond acceptors (Lipinski definition) is 1. The van der Waals surface area contributed by atoms with Crippen LogP contribution in [0.4, 0.5) is 0 Å². The molecule has 0 amide bonds. The zero-order valence-electron chi connectivity index (χ0n) is 11.4. The maximum atomic E-state index is 4.93. The molecule has 0 aliphatic heterocycles. The molecule has 5 heteroatoms. The maximum absolute atomic E-state index is 4.93. The Morgan fingerprint density at radius 1 is 1.00 bits per heavy atom. The number of benzene rings is 1. The molecule has 96 valence electrons. The van der Waals surface area contributed by atoms with Gasteiger partial charge in [0.1, 0.15) is 0 Å². The summed E-state index contributed by atoms with van der Waals surface area (Å²) in [6, 6.07) is 8.49. The summed E-state index contributed by atoms with van der Waals surface area (Å²) in [6.07, 6.45) is 0. The lowest BCUT2D eigenvalue weighted by atomic mass is 10.2. The van der Waals surface area contributed by atoms with Crippen molar-refractivity contribution in [2.75, 3.05) is 33.3 Å². The van der Waals surface area contributed by atoms with Crippen LogP contribution in [0.5, 0.6) is 0 Å². The first-order chi connectivity index (χ1) is 7.68. The summed E-state index contributed by atoms with van der Waals surface area (Å²) in [7, 11) is 0.163. The molecule has 17 heavy (non-hydrogen) atoms. The van der Waals surface area contributed by atoms with Gasteiger partial charge >= 0.3 is 0 Å². The smallest absolute Gasteiger partial charge is 0.0669 e. The van der Waals surface area contributed by atoms with Crippen molar-refractivity contribution in [1.29, 1.82) is 0 Å². The Morgan fingerprint density at radius 3 is 2.00 bits per heavy atom. The lowest BCUT2D eigenvalue weighted by Gasteiger charge is -2.15. The second-order valence-corrected chi connectivity index (χ2v) is 13.6. The molecule has 0 N–H and O–H groups in total. The molecule has 0 heterocycles. The first-order valence-corrected chi connectivity index (χ1v) is 11.9. The SMILES string of the molecule is CP(C)(C)=NP(C)(C)=NCc1ccc(P)cc1. The Hall–Kier alpha value is 0.110. The Bertz CT molecular complexity index is 469. The van der Waals surface area contributed by atoms with Crippen LogP contribution < -0.4 is 5.30 Å². The average Bonchev–Trinajstić information content (AvgIpc) is 2.13. The van der Waals surface area contributed by atoms with Crippen molar-refractivity contribution in [3.05, 3.63) is 29.8 Å². The minimum atomic E-state index is -1.45. The molecule has 0 saturated heterocycles. The largest absolute Gasteiger partial charge is 0.277 e. The van der Waals surface area contributed by atoms with E-state index in [2.05, 4.69) is 66.8 Å². The van der Waals surface area contributed by atoms with E-state index in [0.717, 1.165) is 6.54 Å². The summed E-state index contributed by atoms with van der Waals surface area (Å²) in [5.41, 5.74) is 1.27. The fourth-order valence-electron chi connectivity index (χ4n) is 1.56. The van der Waals surface area contributed by atoms with E-state index >= 15 is 0 Å². The van der Waals surface area contributed by atoms with Crippen LogP contribution in [0, 0.1) is 0 Å². The Kier molecular flexibility index (Phi) is 5.21. The van der Waals surface area contributed by atoms with Crippen molar-refractivity contribution >= 4 is 28.8 Å². The molecule has 1 aromatic carbocycles. The van der Waals surface area contributed by atoms with Gasteiger partial charge in [-0.3, -0.25) is 9.26 Å². The van der Waals surface area contributed by atoms with Gasteiger partial charge in [0.05, 0.1) is 13.7 Å². The predicted octanol–water partition coefficient (Wildman–Crippen LogP) is 4.15. The van der Waals surface area contributed by atoms with E-state index in [1.165, 1.54) is 10.9 Å². The van der Waals surface area contributed by atoms with Crippen molar-refractivity contribution in [1.82, 2.24) is 0 Å². The van der Waals surface area contributed by atoms with Crippen LogP contribution in [0.25, 0.3) is 0 Å². The molecule has 0 saturated carbocycles. The second kappa shape index (κ2) is 5.83. The summed E-state index contributed by atoms with van der Waals surface area (Å²) < 4.78 is 9.73. The molecule has 1 atom stereocenters. The van der Waals surface area contributed by atoms with Crippen molar-refractivity contribution in [3.63, 3.8) is 0 Å². The van der Waals surface area contributed by atoms with E-state index < -0.39 is 14.3 Å². The molecular weight excluding hydrogens is 265 g/mol. The monoisotopic (exact) mass is 288 g/mol. The third-order valence-corrected chi connectivity index (χ3v) is 7.18. The van der Waals surface area contributed by atoms with Crippen LogP contribution in [0.15, 0.2) is 33.5 Å². The van der Waals surface area contributed by atoms with Gasteiger partial charge in [-0.1, -0.05) is 24.3 Å². The first-order valence-electron chi connectivity index (χ1n) is 5.62. The Morgan fingerprint density at radius 2 is 1.53 bits per heavy atom. The normalized spacial score (nSPS) is 12.4. The highest BCUT2D eigenvalue weighted by molar-refractivity contribution is 7.75. The van der Waals surface area contributed by atoms with E-state index in [1.807, 2.05) is 0 Å². The van der Waals surface area contributed by atoms with Gasteiger partial charge in [0.2, 0.25) is 0 Å². The zero-order chi connectivity index (χ0) is 13.1. The second-order valence-electron chi connectivity index (χ2n) is 5.41. The molecule has 0 aliphatic rings. The quantitative estimate of drug-likeness (QED) is 0.746. The van der Waals surface area contributed by atoms with Gasteiger partial charge in [0.25, 0.3) is 0 Å². The maximum Gasteiger partial charge on any atom is 0.0669 e. The summed E-state index contributed by atoms with van der Waals surface area (Å²) in [5.74, 6) is 0. The standard InChI is InChI=1S/C12H23N2P3/c1-16(2,3)14-17(4,5)13-10-11-6-8-12(15)9-7-11/h6-9H,10,15H2,1-5H3. The molecule has 1 rings (SSSR count). The molecule has 0 aliphatic carbocycles. The van der Waals surface area contributed by atoms with Crippen molar-refractivity contribution < 1.29 is 0 Å². The summed E-state index contributed by atoms with van der Waals surface area (Å²) in [5, 5.41) is 1.22. The van der Waals surface area contributed by atoms with E-state index in [0.29, 0.717) is 0 Å². The molecule has 2 nitrogen and oxygen atoms in total. The van der Waals surface area contributed by atoms with Gasteiger partial charge in [0, 0.05) is 0 Å². The number of hydrogen-bond donors (Lipinski definition) is 0. The van der Waals surface area contributed by atoms with Gasteiger partial charge in [-0.15, -0.1) is 9.24 Å². The Labute approximate surface area is 108 Å². The third kappa shape index (κ3) is 6.56. The fraction of sp³-hybridized carbons (Fsp3) is 0.500. The average molecular weight is 288 g/mol. The van der Waals surface area contributed by atoms with Crippen LogP contribution in [0.1, 0.15) is 5.56 Å². The number of nitrogens with zero attached hydrogens (tertiary/aromatic N) is 2. The third-order valence-electron chi connectivity index (χ3n) is 2.07. The summed E-state index contributed by atoms with van der Waals surface area (Å²) >= 11 is 0. The van der Waals surface area contributed by atoms with Crippen LogP contribution in [-0.2, 0) is 6.54 Å². The highest BCUT2D eigenvalue weighted by atomic mass is 31.2. The van der Waals surface area contributed by atoms with Crippen LogP contribution >= 0.6 is 23.5 Å². The van der Waals surface area contributed by atoms with E-state index in [9.17, 15) is 0 Å². The summed E-state index contributed by atoms with van der Waals surface area (Å²) in [6.45, 7) is 11.9. The van der Waals surface area contributed by atoms with Crippen LogP contribution in [0.2, 0.25) is 0 Å². The molecule has 0 fully saturated rings. The van der Waals surface area contributed by atoms with Gasteiger partial charge < -0.3 is 0 Å². The molecule has 0 bridgehead atoms. The highest BCUT2D eigenvalue weighted by Crippen LogP contribution is 2.54. The highest BCUT2D eigenvalue weighted by Gasteiger charge is 2.05. The lowest BCUT2D eigenvalue weighted by Crippen LogP contribution is -1.90. The van der Waals surface area contributed by atoms with E-state index in [1.54, 1.807) is 0 Å². The van der Waals surface area contributed by atoms with Gasteiger partial charge in [-0.2, -0.15) is 0 Å². The molecule has 0 aromatic heterocycles. The van der Waals surface area contributed by atoms with Crippen molar-refractivity contribution in [2.45, 2.75) is 6.54 Å². The minimum absolute atomic E-state index is 0.787. The molecule has 1 unspecified atom stereocenters. The molecular formula is C12H23N2P3. The van der Waals surface area contributed by atoms with Crippen LogP contribution in [0.3, 0.4) is 0 Å². The van der Waals surface area contributed by atoms with Crippen molar-refractivity contribution in [2.24, 2.45) is 9.26 Å². The van der Waals surface area contributed by atoms with Gasteiger partial charge in [-0.25, -0.2) is 0 Å². The first kappa shape index (κ1) is 15.2. The molecule has 0 radical (unpaired) electrons. The molecule has 0 spiro atoms. The van der Waals surface area contributed by atoms with Crippen molar-refractivity contribution in [3.8, 4) is 0 Å². The number of rotatable bonds is 3.